The number of aryl methyl sites for hydroxylation is 1. The Morgan fingerprint density at radius 1 is 1.11 bits per heavy atom. The summed E-state index contributed by atoms with van der Waals surface area (Å²) in [7, 11) is 0. The summed E-state index contributed by atoms with van der Waals surface area (Å²) in [6.07, 6.45) is 0. The third kappa shape index (κ3) is 3.28. The molecule has 0 unspecified atom stereocenters. The van der Waals surface area contributed by atoms with Crippen LogP contribution in [0.4, 0.5) is 0 Å². The van der Waals surface area contributed by atoms with E-state index in [0.717, 1.165) is 26.9 Å². The molecule has 0 saturated heterocycles. The summed E-state index contributed by atoms with van der Waals surface area (Å²) in [6, 6.07) is 11.6. The Morgan fingerprint density at radius 3 is 2.56 bits per heavy atom. The monoisotopic (exact) mass is 388 g/mol. The molecule has 0 heterocycles. The number of halogens is 3. The van der Waals surface area contributed by atoms with Crippen LogP contribution in [0.15, 0.2) is 40.9 Å². The number of hydrogen-bond acceptors (Lipinski definition) is 1. The minimum atomic E-state index is 0.670. The largest absolute Gasteiger partial charge is 0.456 e. The van der Waals surface area contributed by atoms with E-state index in [1.807, 2.05) is 43.3 Å². The van der Waals surface area contributed by atoms with Crippen LogP contribution in [-0.4, -0.2) is 0 Å². The number of alkyl halides is 1. The van der Waals surface area contributed by atoms with Gasteiger partial charge in [-0.2, -0.15) is 0 Å². The third-order valence-electron chi connectivity index (χ3n) is 2.52. The average Bonchev–Trinajstić information content (AvgIpc) is 2.36. The van der Waals surface area contributed by atoms with Crippen molar-refractivity contribution in [2.45, 2.75) is 12.3 Å². The molecular weight excluding hydrogens is 379 g/mol. The molecule has 0 aromatic heterocycles. The van der Waals surface area contributed by atoms with Crippen molar-refractivity contribution in [1.29, 1.82) is 0 Å². The van der Waals surface area contributed by atoms with E-state index in [9.17, 15) is 0 Å². The zero-order chi connectivity index (χ0) is 13.1. The van der Waals surface area contributed by atoms with Crippen LogP contribution in [0.25, 0.3) is 0 Å². The maximum Gasteiger partial charge on any atom is 0.141 e. The second-order valence-corrected chi connectivity index (χ2v) is 5.76. The van der Waals surface area contributed by atoms with Crippen LogP contribution in [0.3, 0.4) is 0 Å². The van der Waals surface area contributed by atoms with Gasteiger partial charge < -0.3 is 4.74 Å². The molecule has 1 nitrogen and oxygen atoms in total. The predicted molar refractivity (Wildman–Crippen MR) is 83.0 cm³/mol. The highest BCUT2D eigenvalue weighted by molar-refractivity contribution is 9.10. The molecule has 0 atom stereocenters. The van der Waals surface area contributed by atoms with Crippen LogP contribution >= 0.6 is 43.5 Å². The lowest BCUT2D eigenvalue weighted by Gasteiger charge is -2.11. The second-order valence-electron chi connectivity index (χ2n) is 3.91. The zero-order valence-electron chi connectivity index (χ0n) is 9.71. The summed E-state index contributed by atoms with van der Waals surface area (Å²) in [5.41, 5.74) is 2.24. The smallest absolute Gasteiger partial charge is 0.141 e. The van der Waals surface area contributed by atoms with Crippen molar-refractivity contribution in [1.82, 2.24) is 0 Å². The van der Waals surface area contributed by atoms with E-state index in [-0.39, 0.29) is 0 Å². The number of benzene rings is 2. The molecule has 2 aromatic carbocycles. The molecule has 0 aliphatic rings. The van der Waals surface area contributed by atoms with E-state index in [1.165, 1.54) is 5.56 Å². The van der Waals surface area contributed by atoms with Gasteiger partial charge in [0.1, 0.15) is 11.5 Å². The van der Waals surface area contributed by atoms with Crippen LogP contribution in [0.1, 0.15) is 11.1 Å². The molecule has 0 fully saturated rings. The predicted octanol–water partition coefficient (Wildman–Crippen LogP) is 6.10. The fourth-order valence-electron chi connectivity index (χ4n) is 1.51. The highest BCUT2D eigenvalue weighted by Crippen LogP contribution is 2.33. The molecule has 0 aliphatic carbocycles. The van der Waals surface area contributed by atoms with Gasteiger partial charge >= 0.3 is 0 Å². The third-order valence-corrected chi connectivity index (χ3v) is 4.02. The van der Waals surface area contributed by atoms with Gasteiger partial charge in [0.2, 0.25) is 0 Å². The minimum Gasteiger partial charge on any atom is -0.456 e. The molecule has 4 heteroatoms. The maximum atomic E-state index is 5.97. The summed E-state index contributed by atoms with van der Waals surface area (Å²) < 4.78 is 6.80. The van der Waals surface area contributed by atoms with E-state index in [4.69, 9.17) is 16.3 Å². The molecular formula is C14H11Br2ClO. The van der Waals surface area contributed by atoms with Crippen LogP contribution in [0, 0.1) is 6.92 Å². The number of rotatable bonds is 3. The molecule has 18 heavy (non-hydrogen) atoms. The topological polar surface area (TPSA) is 9.23 Å². The highest BCUT2D eigenvalue weighted by atomic mass is 79.9. The summed E-state index contributed by atoms with van der Waals surface area (Å²) in [4.78, 5) is 0. The van der Waals surface area contributed by atoms with Crippen molar-refractivity contribution in [2.75, 3.05) is 0 Å². The molecule has 0 saturated carbocycles. The van der Waals surface area contributed by atoms with E-state index in [2.05, 4.69) is 31.9 Å². The first-order chi connectivity index (χ1) is 8.60. The fourth-order valence-corrected chi connectivity index (χ4v) is 2.53. The first kappa shape index (κ1) is 13.9. The van der Waals surface area contributed by atoms with Crippen molar-refractivity contribution in [3.63, 3.8) is 0 Å². The Hall–Kier alpha value is -0.510. The van der Waals surface area contributed by atoms with Gasteiger partial charge in [0.05, 0.1) is 4.47 Å². The maximum absolute atomic E-state index is 5.97. The van der Waals surface area contributed by atoms with Crippen molar-refractivity contribution >= 4 is 43.5 Å². The summed E-state index contributed by atoms with van der Waals surface area (Å²) in [6.45, 7) is 1.99. The summed E-state index contributed by atoms with van der Waals surface area (Å²) in [5.74, 6) is 1.56. The van der Waals surface area contributed by atoms with Crippen LogP contribution < -0.4 is 4.74 Å². The number of hydrogen-bond donors (Lipinski definition) is 0. The Kier molecular flexibility index (Phi) is 4.71. The van der Waals surface area contributed by atoms with Gasteiger partial charge in [-0.3, -0.25) is 0 Å². The van der Waals surface area contributed by atoms with E-state index in [0.29, 0.717) is 5.02 Å². The van der Waals surface area contributed by atoms with Crippen molar-refractivity contribution in [2.24, 2.45) is 0 Å². The summed E-state index contributed by atoms with van der Waals surface area (Å²) in [5, 5.41) is 1.49. The molecule has 0 bridgehead atoms. The second kappa shape index (κ2) is 6.09. The van der Waals surface area contributed by atoms with E-state index >= 15 is 0 Å². The number of ether oxygens (including phenoxy) is 1. The van der Waals surface area contributed by atoms with Gasteiger partial charge in [0.15, 0.2) is 0 Å². The Labute approximate surface area is 128 Å². The average molecular weight is 391 g/mol. The first-order valence-electron chi connectivity index (χ1n) is 5.38. The lowest BCUT2D eigenvalue weighted by atomic mass is 10.2. The molecule has 0 aliphatic heterocycles. The molecule has 0 spiro atoms. The van der Waals surface area contributed by atoms with E-state index < -0.39 is 0 Å². The molecule has 2 aromatic rings. The van der Waals surface area contributed by atoms with Gasteiger partial charge in [-0.15, -0.1) is 0 Å². The van der Waals surface area contributed by atoms with Crippen LogP contribution in [0.5, 0.6) is 11.5 Å². The van der Waals surface area contributed by atoms with Crippen molar-refractivity contribution < 1.29 is 4.74 Å². The quantitative estimate of drug-likeness (QED) is 0.576. The SMILES string of the molecule is Cc1ccc(Cl)cc1Oc1ccc(CBr)cc1Br. The van der Waals surface area contributed by atoms with Crippen molar-refractivity contribution in [3.05, 3.63) is 57.0 Å². The molecule has 2 rings (SSSR count). The Morgan fingerprint density at radius 2 is 1.89 bits per heavy atom. The van der Waals surface area contributed by atoms with Gasteiger partial charge in [-0.1, -0.05) is 39.7 Å². The minimum absolute atomic E-state index is 0.670. The van der Waals surface area contributed by atoms with Crippen LogP contribution in [-0.2, 0) is 5.33 Å². The molecule has 0 amide bonds. The Bertz CT molecular complexity index is 570. The normalized spacial score (nSPS) is 10.4. The zero-order valence-corrected chi connectivity index (χ0v) is 13.6. The van der Waals surface area contributed by atoms with E-state index in [1.54, 1.807) is 0 Å². The summed E-state index contributed by atoms with van der Waals surface area (Å²) >= 11 is 12.9. The Balaban J connectivity index is 2.31. The van der Waals surface area contributed by atoms with Crippen molar-refractivity contribution in [3.8, 4) is 11.5 Å². The lowest BCUT2D eigenvalue weighted by molar-refractivity contribution is 0.476. The lowest BCUT2D eigenvalue weighted by Crippen LogP contribution is -1.89. The van der Waals surface area contributed by atoms with Gasteiger partial charge in [-0.05, 0) is 58.2 Å². The van der Waals surface area contributed by atoms with Gasteiger partial charge in [0.25, 0.3) is 0 Å². The first-order valence-corrected chi connectivity index (χ1v) is 7.68. The molecule has 0 N–H and O–H groups in total. The molecule has 0 radical (unpaired) electrons. The molecule has 94 valence electrons. The highest BCUT2D eigenvalue weighted by Gasteiger charge is 2.06. The van der Waals surface area contributed by atoms with Crippen LogP contribution in [0.2, 0.25) is 5.02 Å². The standard InChI is InChI=1S/C14H11Br2ClO/c1-9-2-4-11(17)7-14(9)18-13-5-3-10(8-15)6-12(13)16/h2-7H,8H2,1H3. The van der Waals surface area contributed by atoms with Gasteiger partial charge in [-0.25, -0.2) is 0 Å². The fraction of sp³-hybridized carbons (Fsp3) is 0.143. The van der Waals surface area contributed by atoms with Gasteiger partial charge in [0, 0.05) is 10.4 Å².